The Kier molecular flexibility index (Phi) is 2.89. The van der Waals surface area contributed by atoms with Gasteiger partial charge in [-0.15, -0.1) is 6.58 Å². The van der Waals surface area contributed by atoms with E-state index < -0.39 is 0 Å². The fourth-order valence-electron chi connectivity index (χ4n) is 1.59. The summed E-state index contributed by atoms with van der Waals surface area (Å²) in [6.45, 7) is 8.34. The first-order valence-corrected chi connectivity index (χ1v) is 4.21. The molecule has 1 heteroatoms. The lowest BCUT2D eigenvalue weighted by molar-refractivity contribution is 0.346. The highest BCUT2D eigenvalue weighted by Gasteiger charge is 2.10. The summed E-state index contributed by atoms with van der Waals surface area (Å²) >= 11 is 0. The number of hydrogen-bond acceptors (Lipinski definition) is 1. The minimum atomic E-state index is 1.08. The minimum Gasteiger partial charge on any atom is -0.302 e. The molecule has 0 saturated heterocycles. The van der Waals surface area contributed by atoms with Gasteiger partial charge in [0.2, 0.25) is 0 Å². The lowest BCUT2D eigenvalue weighted by Crippen LogP contribution is -2.26. The summed E-state index contributed by atoms with van der Waals surface area (Å²) in [7, 11) is 2.17. The molecule has 0 spiro atoms. The van der Waals surface area contributed by atoms with Crippen molar-refractivity contribution in [2.75, 3.05) is 20.1 Å². The van der Waals surface area contributed by atoms with Gasteiger partial charge in [-0.2, -0.15) is 0 Å². The molecule has 0 aromatic rings. The maximum Gasteiger partial charge on any atom is 0.0189 e. The topological polar surface area (TPSA) is 3.24 Å². The van der Waals surface area contributed by atoms with Gasteiger partial charge in [-0.05, 0) is 26.8 Å². The summed E-state index contributed by atoms with van der Waals surface area (Å²) in [5.41, 5.74) is 3.14. The van der Waals surface area contributed by atoms with Crippen molar-refractivity contribution in [1.82, 2.24) is 4.90 Å². The molecule has 11 heavy (non-hydrogen) atoms. The van der Waals surface area contributed by atoms with Gasteiger partial charge in [0.1, 0.15) is 0 Å². The average molecular weight is 151 g/mol. The maximum atomic E-state index is 3.76. The van der Waals surface area contributed by atoms with Crippen LogP contribution in [0.25, 0.3) is 0 Å². The number of nitrogens with zero attached hydrogens (tertiary/aromatic N) is 1. The van der Waals surface area contributed by atoms with Crippen LogP contribution in [0.15, 0.2) is 23.8 Å². The molecule has 0 aromatic carbocycles. The monoisotopic (exact) mass is 151 g/mol. The number of likely N-dealkylation sites (N-methyl/N-ethyl adjacent to an activating group) is 1. The fourth-order valence-corrected chi connectivity index (χ4v) is 1.59. The quantitative estimate of drug-likeness (QED) is 0.547. The first kappa shape index (κ1) is 8.54. The summed E-state index contributed by atoms with van der Waals surface area (Å²) in [6.07, 6.45) is 4.32. The summed E-state index contributed by atoms with van der Waals surface area (Å²) in [4.78, 5) is 2.36. The highest BCUT2D eigenvalue weighted by atomic mass is 15.1. The maximum absolute atomic E-state index is 3.76. The Labute approximate surface area is 69.4 Å². The second-order valence-corrected chi connectivity index (χ2v) is 3.36. The van der Waals surface area contributed by atoms with Crippen molar-refractivity contribution in [2.24, 2.45) is 0 Å². The number of rotatable bonds is 2. The van der Waals surface area contributed by atoms with Gasteiger partial charge >= 0.3 is 0 Å². The normalized spacial score (nSPS) is 20.5. The predicted octanol–water partition coefficient (Wildman–Crippen LogP) is 2.21. The Morgan fingerprint density at radius 2 is 2.36 bits per heavy atom. The Bertz CT molecular complexity index is 179. The Hall–Kier alpha value is -0.560. The summed E-state index contributed by atoms with van der Waals surface area (Å²) in [5, 5.41) is 0. The van der Waals surface area contributed by atoms with Crippen molar-refractivity contribution < 1.29 is 0 Å². The van der Waals surface area contributed by atoms with Crippen LogP contribution in [0.4, 0.5) is 0 Å². The van der Waals surface area contributed by atoms with E-state index in [4.69, 9.17) is 0 Å². The van der Waals surface area contributed by atoms with Crippen LogP contribution < -0.4 is 0 Å². The largest absolute Gasteiger partial charge is 0.302 e. The summed E-state index contributed by atoms with van der Waals surface area (Å²) in [5.74, 6) is 0. The smallest absolute Gasteiger partial charge is 0.0189 e. The van der Waals surface area contributed by atoms with Gasteiger partial charge in [0, 0.05) is 13.1 Å². The molecule has 1 aliphatic heterocycles. The van der Waals surface area contributed by atoms with Crippen LogP contribution in [0.5, 0.6) is 0 Å². The van der Waals surface area contributed by atoms with E-state index in [9.17, 15) is 0 Å². The molecule has 1 aliphatic rings. The SMILES string of the molecule is C=CCC1=C(C)CN(C)CC1. The molecule has 0 atom stereocenters. The Morgan fingerprint density at radius 1 is 1.64 bits per heavy atom. The van der Waals surface area contributed by atoms with E-state index in [-0.39, 0.29) is 0 Å². The van der Waals surface area contributed by atoms with Gasteiger partial charge in [0.15, 0.2) is 0 Å². The fraction of sp³-hybridized carbons (Fsp3) is 0.600. The number of allylic oxidation sites excluding steroid dienone is 1. The zero-order valence-electron chi connectivity index (χ0n) is 7.56. The molecule has 0 saturated carbocycles. The van der Waals surface area contributed by atoms with Gasteiger partial charge in [0.05, 0.1) is 0 Å². The second kappa shape index (κ2) is 3.72. The zero-order chi connectivity index (χ0) is 8.27. The standard InChI is InChI=1S/C10H17N/c1-4-5-10-6-7-11(3)8-9(10)2/h4H,1,5-8H2,2-3H3. The molecule has 0 bridgehead atoms. The van der Waals surface area contributed by atoms with E-state index in [0.717, 1.165) is 13.0 Å². The lowest BCUT2D eigenvalue weighted by Gasteiger charge is -2.25. The molecule has 1 heterocycles. The molecule has 0 amide bonds. The molecule has 0 aliphatic carbocycles. The lowest BCUT2D eigenvalue weighted by atomic mass is 9.99. The van der Waals surface area contributed by atoms with E-state index >= 15 is 0 Å². The van der Waals surface area contributed by atoms with Crippen LogP contribution in [0, 0.1) is 0 Å². The van der Waals surface area contributed by atoms with E-state index in [1.807, 2.05) is 6.08 Å². The average Bonchev–Trinajstić information content (AvgIpc) is 1.95. The van der Waals surface area contributed by atoms with Gasteiger partial charge in [-0.3, -0.25) is 0 Å². The molecular formula is C10H17N. The van der Waals surface area contributed by atoms with Gasteiger partial charge < -0.3 is 4.90 Å². The molecule has 0 N–H and O–H groups in total. The van der Waals surface area contributed by atoms with Crippen LogP contribution in [-0.2, 0) is 0 Å². The second-order valence-electron chi connectivity index (χ2n) is 3.36. The van der Waals surface area contributed by atoms with Crippen LogP contribution in [0.3, 0.4) is 0 Å². The third kappa shape index (κ3) is 2.19. The third-order valence-electron chi connectivity index (χ3n) is 2.30. The van der Waals surface area contributed by atoms with E-state index in [1.54, 1.807) is 11.1 Å². The van der Waals surface area contributed by atoms with Gasteiger partial charge in [-0.1, -0.05) is 17.2 Å². The van der Waals surface area contributed by atoms with Crippen LogP contribution in [0.2, 0.25) is 0 Å². The van der Waals surface area contributed by atoms with Gasteiger partial charge in [0.25, 0.3) is 0 Å². The molecule has 0 unspecified atom stereocenters. The van der Waals surface area contributed by atoms with Crippen molar-refractivity contribution in [3.63, 3.8) is 0 Å². The van der Waals surface area contributed by atoms with Crippen molar-refractivity contribution in [2.45, 2.75) is 19.8 Å². The predicted molar refractivity (Wildman–Crippen MR) is 49.6 cm³/mol. The molecule has 0 aromatic heterocycles. The van der Waals surface area contributed by atoms with Crippen molar-refractivity contribution in [1.29, 1.82) is 0 Å². The van der Waals surface area contributed by atoms with E-state index in [2.05, 4.69) is 25.5 Å². The van der Waals surface area contributed by atoms with E-state index in [0.29, 0.717) is 0 Å². The number of hydrogen-bond donors (Lipinski definition) is 0. The third-order valence-corrected chi connectivity index (χ3v) is 2.30. The summed E-state index contributed by atoms with van der Waals surface area (Å²) in [6, 6.07) is 0. The zero-order valence-corrected chi connectivity index (χ0v) is 7.56. The summed E-state index contributed by atoms with van der Waals surface area (Å²) < 4.78 is 0. The molecule has 1 nitrogen and oxygen atoms in total. The van der Waals surface area contributed by atoms with Crippen LogP contribution in [-0.4, -0.2) is 25.0 Å². The first-order valence-electron chi connectivity index (χ1n) is 4.21. The van der Waals surface area contributed by atoms with Crippen LogP contribution in [0.1, 0.15) is 19.8 Å². The van der Waals surface area contributed by atoms with Crippen LogP contribution >= 0.6 is 0 Å². The molecule has 0 radical (unpaired) electrons. The highest BCUT2D eigenvalue weighted by molar-refractivity contribution is 5.18. The Balaban J connectivity index is 2.61. The van der Waals surface area contributed by atoms with E-state index in [1.165, 1.54) is 13.0 Å². The van der Waals surface area contributed by atoms with Gasteiger partial charge in [-0.25, -0.2) is 0 Å². The van der Waals surface area contributed by atoms with Crippen molar-refractivity contribution in [3.8, 4) is 0 Å². The van der Waals surface area contributed by atoms with Crippen molar-refractivity contribution in [3.05, 3.63) is 23.8 Å². The first-order chi connectivity index (χ1) is 5.24. The molecular weight excluding hydrogens is 134 g/mol. The Morgan fingerprint density at radius 3 is 2.91 bits per heavy atom. The molecule has 0 fully saturated rings. The molecule has 62 valence electrons. The molecule has 1 rings (SSSR count). The minimum absolute atomic E-state index is 1.08. The highest BCUT2D eigenvalue weighted by Crippen LogP contribution is 2.19. The van der Waals surface area contributed by atoms with Crippen molar-refractivity contribution >= 4 is 0 Å².